The molecule has 0 radical (unpaired) electrons. The maximum absolute atomic E-state index is 13.1. The molecular formula is C20H18FN3O5. The van der Waals surface area contributed by atoms with Crippen LogP contribution in [0.1, 0.15) is 11.1 Å². The molecule has 1 heterocycles. The van der Waals surface area contributed by atoms with Crippen LogP contribution in [0.5, 0.6) is 17.4 Å². The van der Waals surface area contributed by atoms with Gasteiger partial charge in [0.15, 0.2) is 0 Å². The fraction of sp³-hybridized carbons (Fsp3) is 0.150. The van der Waals surface area contributed by atoms with Crippen molar-refractivity contribution in [2.24, 2.45) is 4.99 Å². The number of aliphatic imine (C=N–C) groups is 1. The fourth-order valence-corrected chi connectivity index (χ4v) is 2.68. The molecule has 0 aliphatic heterocycles. The zero-order chi connectivity index (χ0) is 21.0. The molecule has 150 valence electrons. The molecule has 8 nitrogen and oxygen atoms in total. The molecule has 29 heavy (non-hydrogen) atoms. The summed E-state index contributed by atoms with van der Waals surface area (Å²) in [6.07, 6.45) is 1.17. The number of ether oxygens (including phenoxy) is 2. The van der Waals surface area contributed by atoms with Gasteiger partial charge in [0.2, 0.25) is 5.88 Å². The summed E-state index contributed by atoms with van der Waals surface area (Å²) in [7, 11) is 3.05. The molecule has 0 spiro atoms. The van der Waals surface area contributed by atoms with E-state index in [4.69, 9.17) is 9.47 Å². The van der Waals surface area contributed by atoms with Crippen LogP contribution in [0.3, 0.4) is 0 Å². The molecule has 2 N–H and O–H groups in total. The lowest BCUT2D eigenvalue weighted by Gasteiger charge is -2.09. The van der Waals surface area contributed by atoms with Crippen LogP contribution in [0.15, 0.2) is 57.0 Å². The summed E-state index contributed by atoms with van der Waals surface area (Å²) in [6.45, 7) is 0.169. The van der Waals surface area contributed by atoms with Gasteiger partial charge >= 0.3 is 5.69 Å². The third-order valence-corrected chi connectivity index (χ3v) is 4.11. The van der Waals surface area contributed by atoms with Gasteiger partial charge in [0.1, 0.15) is 22.9 Å². The van der Waals surface area contributed by atoms with Crippen LogP contribution < -0.4 is 20.7 Å². The number of aromatic nitrogens is 2. The first-order valence-corrected chi connectivity index (χ1v) is 8.49. The van der Waals surface area contributed by atoms with E-state index in [1.807, 2.05) is 0 Å². The molecule has 0 aliphatic carbocycles. The van der Waals surface area contributed by atoms with Gasteiger partial charge in [-0.05, 0) is 42.0 Å². The van der Waals surface area contributed by atoms with E-state index in [1.165, 1.54) is 32.6 Å². The number of halogens is 1. The van der Waals surface area contributed by atoms with Crippen molar-refractivity contribution < 1.29 is 19.0 Å². The smallest absolute Gasteiger partial charge is 0.335 e. The topological polar surface area (TPSA) is 106 Å². The van der Waals surface area contributed by atoms with Gasteiger partial charge in [-0.2, -0.15) is 0 Å². The number of aromatic amines is 1. The molecule has 2 aromatic carbocycles. The Hall–Kier alpha value is -3.88. The van der Waals surface area contributed by atoms with Crippen LogP contribution in [0.4, 0.5) is 4.39 Å². The Morgan fingerprint density at radius 1 is 1.10 bits per heavy atom. The Balaban J connectivity index is 1.95. The van der Waals surface area contributed by atoms with Crippen molar-refractivity contribution in [3.63, 3.8) is 0 Å². The van der Waals surface area contributed by atoms with Crippen molar-refractivity contribution in [1.29, 1.82) is 0 Å². The zero-order valence-electron chi connectivity index (χ0n) is 15.7. The zero-order valence-corrected chi connectivity index (χ0v) is 15.7. The third-order valence-electron chi connectivity index (χ3n) is 4.11. The highest BCUT2D eigenvalue weighted by atomic mass is 19.1. The van der Waals surface area contributed by atoms with Crippen LogP contribution in [0, 0.1) is 5.82 Å². The average Bonchev–Trinajstić information content (AvgIpc) is 2.71. The molecule has 0 saturated carbocycles. The van der Waals surface area contributed by atoms with Crippen molar-refractivity contribution >= 4 is 6.21 Å². The van der Waals surface area contributed by atoms with Crippen molar-refractivity contribution in [3.05, 3.63) is 80.2 Å². The lowest BCUT2D eigenvalue weighted by atomic mass is 10.2. The third kappa shape index (κ3) is 4.34. The number of benzene rings is 2. The van der Waals surface area contributed by atoms with E-state index < -0.39 is 22.9 Å². The highest BCUT2D eigenvalue weighted by Gasteiger charge is 2.14. The molecule has 3 rings (SSSR count). The molecule has 9 heteroatoms. The number of aromatic hydroxyl groups is 1. The summed E-state index contributed by atoms with van der Waals surface area (Å²) in [5.41, 5.74) is -0.909. The van der Waals surface area contributed by atoms with Crippen molar-refractivity contribution in [3.8, 4) is 23.1 Å². The molecule has 1 aromatic heterocycles. The second-order valence-corrected chi connectivity index (χ2v) is 6.00. The first-order chi connectivity index (χ1) is 13.9. The van der Waals surface area contributed by atoms with E-state index in [2.05, 4.69) is 9.98 Å². The van der Waals surface area contributed by atoms with E-state index >= 15 is 0 Å². The van der Waals surface area contributed by atoms with Gasteiger partial charge in [0, 0.05) is 12.3 Å². The van der Waals surface area contributed by atoms with Gasteiger partial charge < -0.3 is 14.6 Å². The van der Waals surface area contributed by atoms with Gasteiger partial charge in [-0.25, -0.2) is 13.8 Å². The molecule has 0 aliphatic rings. The molecule has 3 aromatic rings. The first-order valence-electron chi connectivity index (χ1n) is 8.49. The number of rotatable bonds is 6. The van der Waals surface area contributed by atoms with E-state index in [9.17, 15) is 19.1 Å². The number of nitrogens with zero attached hydrogens (tertiary/aromatic N) is 2. The van der Waals surface area contributed by atoms with Crippen LogP contribution in [0.25, 0.3) is 5.69 Å². The fourth-order valence-electron chi connectivity index (χ4n) is 2.68. The van der Waals surface area contributed by atoms with Crippen molar-refractivity contribution in [2.75, 3.05) is 14.2 Å². The predicted octanol–water partition coefficient (Wildman–Crippen LogP) is 2.01. The van der Waals surface area contributed by atoms with Crippen LogP contribution in [0.2, 0.25) is 0 Å². The second-order valence-electron chi connectivity index (χ2n) is 6.00. The maximum atomic E-state index is 13.1. The van der Waals surface area contributed by atoms with Crippen molar-refractivity contribution in [2.45, 2.75) is 6.54 Å². The van der Waals surface area contributed by atoms with Gasteiger partial charge in [0.05, 0.1) is 26.5 Å². The predicted molar refractivity (Wildman–Crippen MR) is 105 cm³/mol. The average molecular weight is 399 g/mol. The lowest BCUT2D eigenvalue weighted by Crippen LogP contribution is -2.31. The minimum absolute atomic E-state index is 0.169. The maximum Gasteiger partial charge on any atom is 0.335 e. The largest absolute Gasteiger partial charge is 0.497 e. The second kappa shape index (κ2) is 8.42. The van der Waals surface area contributed by atoms with Crippen LogP contribution >= 0.6 is 0 Å². The highest BCUT2D eigenvalue weighted by molar-refractivity contribution is 5.82. The number of H-pyrrole nitrogens is 1. The summed E-state index contributed by atoms with van der Waals surface area (Å²) in [5.74, 6) is 0.0683. The normalized spacial score (nSPS) is 11.0. The highest BCUT2D eigenvalue weighted by Crippen LogP contribution is 2.23. The van der Waals surface area contributed by atoms with E-state index in [-0.39, 0.29) is 17.8 Å². The van der Waals surface area contributed by atoms with Crippen molar-refractivity contribution in [1.82, 2.24) is 9.55 Å². The van der Waals surface area contributed by atoms with Gasteiger partial charge in [-0.3, -0.25) is 14.8 Å². The Labute approximate surface area is 164 Å². The molecule has 0 fully saturated rings. The lowest BCUT2D eigenvalue weighted by molar-refractivity contribution is 0.393. The Morgan fingerprint density at radius 3 is 2.31 bits per heavy atom. The standard InChI is InChI=1S/C20H18FN3O5/c1-28-15-7-12(8-16(9-15)29-2)10-22-11-17-18(25)23-20(27)24(19(17)26)14-5-3-13(21)4-6-14/h3-9,11,26H,10H2,1-2H3,(H,23,25,27). The Morgan fingerprint density at radius 2 is 1.72 bits per heavy atom. The van der Waals surface area contributed by atoms with E-state index in [0.717, 1.165) is 22.3 Å². The van der Waals surface area contributed by atoms with Crippen LogP contribution in [-0.4, -0.2) is 35.1 Å². The van der Waals surface area contributed by atoms with Crippen LogP contribution in [-0.2, 0) is 6.54 Å². The molecule has 0 unspecified atom stereocenters. The van der Waals surface area contributed by atoms with Gasteiger partial charge in [0.25, 0.3) is 5.56 Å². The molecular weight excluding hydrogens is 381 g/mol. The summed E-state index contributed by atoms with van der Waals surface area (Å²) in [5, 5.41) is 10.5. The van der Waals surface area contributed by atoms with E-state index in [0.29, 0.717) is 11.5 Å². The summed E-state index contributed by atoms with van der Waals surface area (Å²) in [6, 6.07) is 10.1. The molecule has 0 amide bonds. The number of hydrogen-bond acceptors (Lipinski definition) is 6. The summed E-state index contributed by atoms with van der Waals surface area (Å²) >= 11 is 0. The number of methoxy groups -OCH3 is 2. The first kappa shape index (κ1) is 19.9. The number of hydrogen-bond donors (Lipinski definition) is 2. The quantitative estimate of drug-likeness (QED) is 0.617. The Bertz CT molecular complexity index is 1140. The SMILES string of the molecule is COc1cc(CN=Cc2c(O)n(-c3ccc(F)cc3)c(=O)[nH]c2=O)cc(OC)c1. The van der Waals surface area contributed by atoms with Gasteiger partial charge in [-0.1, -0.05) is 0 Å². The molecule has 0 saturated heterocycles. The van der Waals surface area contributed by atoms with E-state index in [1.54, 1.807) is 18.2 Å². The van der Waals surface area contributed by atoms with Gasteiger partial charge in [-0.15, -0.1) is 0 Å². The minimum atomic E-state index is -0.853. The molecule has 0 atom stereocenters. The minimum Gasteiger partial charge on any atom is -0.497 e. The summed E-state index contributed by atoms with van der Waals surface area (Å²) in [4.78, 5) is 30.5. The Kier molecular flexibility index (Phi) is 5.77. The molecule has 0 bridgehead atoms. The summed E-state index contributed by atoms with van der Waals surface area (Å²) < 4.78 is 24.4. The monoisotopic (exact) mass is 399 g/mol. The number of nitrogens with one attached hydrogen (secondary N) is 1.